The summed E-state index contributed by atoms with van der Waals surface area (Å²) in [6.07, 6.45) is 0.606. The van der Waals surface area contributed by atoms with E-state index in [-0.39, 0.29) is 23.7 Å². The predicted molar refractivity (Wildman–Crippen MR) is 87.2 cm³/mol. The molecule has 2 aliphatic rings. The fourth-order valence-corrected chi connectivity index (χ4v) is 2.92. The summed E-state index contributed by atoms with van der Waals surface area (Å²) in [5, 5.41) is 2.85. The van der Waals surface area contributed by atoms with Crippen LogP contribution in [0.3, 0.4) is 0 Å². The monoisotopic (exact) mass is 334 g/mol. The summed E-state index contributed by atoms with van der Waals surface area (Å²) in [4.78, 5) is 26.5. The Hall–Kier alpha value is -2.28. The maximum Gasteiger partial charge on any atom is 0.228 e. The van der Waals surface area contributed by atoms with Gasteiger partial charge in [0.05, 0.1) is 39.3 Å². The van der Waals surface area contributed by atoms with Crippen LogP contribution in [-0.4, -0.2) is 57.2 Å². The minimum Gasteiger partial charge on any atom is -0.493 e. The second-order valence-corrected chi connectivity index (χ2v) is 5.95. The van der Waals surface area contributed by atoms with Crippen LogP contribution in [-0.2, 0) is 14.3 Å². The van der Waals surface area contributed by atoms with E-state index in [1.165, 1.54) is 0 Å². The second kappa shape index (κ2) is 7.09. The Morgan fingerprint density at radius 3 is 2.50 bits per heavy atom. The van der Waals surface area contributed by atoms with E-state index in [9.17, 15) is 9.59 Å². The summed E-state index contributed by atoms with van der Waals surface area (Å²) in [7, 11) is 3.10. The molecule has 1 saturated heterocycles. The largest absolute Gasteiger partial charge is 0.493 e. The molecule has 1 heterocycles. The molecule has 0 bridgehead atoms. The summed E-state index contributed by atoms with van der Waals surface area (Å²) in [6, 6.07) is 5.19. The topological polar surface area (TPSA) is 77.1 Å². The van der Waals surface area contributed by atoms with E-state index in [2.05, 4.69) is 5.32 Å². The number of amides is 2. The van der Waals surface area contributed by atoms with Crippen molar-refractivity contribution in [3.05, 3.63) is 18.2 Å². The molecule has 0 radical (unpaired) electrons. The number of nitrogens with one attached hydrogen (secondary N) is 1. The molecule has 1 aromatic rings. The van der Waals surface area contributed by atoms with E-state index in [1.807, 2.05) is 0 Å². The maximum absolute atomic E-state index is 12.4. The zero-order valence-electron chi connectivity index (χ0n) is 13.9. The third-order valence-corrected chi connectivity index (χ3v) is 4.42. The zero-order chi connectivity index (χ0) is 17.1. The van der Waals surface area contributed by atoms with Crippen LogP contribution in [0.2, 0.25) is 0 Å². The van der Waals surface area contributed by atoms with Gasteiger partial charge in [-0.05, 0) is 18.6 Å². The quantitative estimate of drug-likeness (QED) is 0.874. The average molecular weight is 334 g/mol. The Morgan fingerprint density at radius 1 is 1.12 bits per heavy atom. The van der Waals surface area contributed by atoms with Crippen molar-refractivity contribution in [3.8, 4) is 11.5 Å². The SMILES string of the molecule is COc1ccc(NC(=O)C2CC2C(=O)N2CCOCC2)cc1OC. The number of methoxy groups -OCH3 is 2. The first kappa shape index (κ1) is 16.6. The van der Waals surface area contributed by atoms with Crippen molar-refractivity contribution in [1.82, 2.24) is 4.90 Å². The first-order valence-corrected chi connectivity index (χ1v) is 8.03. The number of ether oxygens (including phenoxy) is 3. The minimum absolute atomic E-state index is 0.0609. The summed E-state index contributed by atoms with van der Waals surface area (Å²) in [6.45, 7) is 2.36. The molecular formula is C17H22N2O5. The minimum atomic E-state index is -0.256. The van der Waals surface area contributed by atoms with Gasteiger partial charge in [0.25, 0.3) is 0 Å². The summed E-state index contributed by atoms with van der Waals surface area (Å²) >= 11 is 0. The third-order valence-electron chi connectivity index (χ3n) is 4.42. The van der Waals surface area contributed by atoms with E-state index in [0.29, 0.717) is 49.9 Å². The molecule has 2 unspecified atom stereocenters. The number of hydrogen-bond acceptors (Lipinski definition) is 5. The van der Waals surface area contributed by atoms with Crippen LogP contribution in [0.25, 0.3) is 0 Å². The van der Waals surface area contributed by atoms with Crippen LogP contribution in [0.5, 0.6) is 11.5 Å². The van der Waals surface area contributed by atoms with Crippen LogP contribution in [0.1, 0.15) is 6.42 Å². The van der Waals surface area contributed by atoms with Gasteiger partial charge in [0.1, 0.15) is 0 Å². The zero-order valence-corrected chi connectivity index (χ0v) is 13.9. The highest BCUT2D eigenvalue weighted by Gasteiger charge is 2.49. The highest BCUT2D eigenvalue weighted by atomic mass is 16.5. The molecule has 1 aromatic carbocycles. The van der Waals surface area contributed by atoms with Crippen molar-refractivity contribution >= 4 is 17.5 Å². The highest BCUT2D eigenvalue weighted by molar-refractivity contribution is 5.99. The van der Waals surface area contributed by atoms with E-state index in [0.717, 1.165) is 0 Å². The average Bonchev–Trinajstić information content (AvgIpc) is 3.42. The number of carbonyl (C=O) groups excluding carboxylic acids is 2. The fourth-order valence-electron chi connectivity index (χ4n) is 2.92. The van der Waals surface area contributed by atoms with Gasteiger partial charge in [-0.1, -0.05) is 0 Å². The van der Waals surface area contributed by atoms with Crippen LogP contribution >= 0.6 is 0 Å². The van der Waals surface area contributed by atoms with Gasteiger partial charge in [-0.3, -0.25) is 9.59 Å². The standard InChI is InChI=1S/C17H22N2O5/c1-22-14-4-3-11(9-15(14)23-2)18-16(20)12-10-13(12)17(21)19-5-7-24-8-6-19/h3-4,9,12-13H,5-8,10H2,1-2H3,(H,18,20). The predicted octanol–water partition coefficient (Wildman–Crippen LogP) is 1.14. The first-order valence-electron chi connectivity index (χ1n) is 8.03. The summed E-state index contributed by atoms with van der Waals surface area (Å²) in [5.41, 5.74) is 0.627. The lowest BCUT2D eigenvalue weighted by atomic mass is 10.2. The van der Waals surface area contributed by atoms with Gasteiger partial charge in [0, 0.05) is 24.8 Å². The molecule has 1 saturated carbocycles. The Kier molecular flexibility index (Phi) is 4.89. The number of hydrogen-bond donors (Lipinski definition) is 1. The van der Waals surface area contributed by atoms with Gasteiger partial charge >= 0.3 is 0 Å². The molecular weight excluding hydrogens is 312 g/mol. The van der Waals surface area contributed by atoms with Crippen molar-refractivity contribution in [2.45, 2.75) is 6.42 Å². The van der Waals surface area contributed by atoms with Crippen LogP contribution in [0.4, 0.5) is 5.69 Å². The molecule has 2 amide bonds. The fraction of sp³-hybridized carbons (Fsp3) is 0.529. The van der Waals surface area contributed by atoms with Gasteiger partial charge in [-0.25, -0.2) is 0 Å². The Bertz CT molecular complexity index is 627. The Labute approximate surface area is 140 Å². The molecule has 1 N–H and O–H groups in total. The van der Waals surface area contributed by atoms with Crippen molar-refractivity contribution in [1.29, 1.82) is 0 Å². The van der Waals surface area contributed by atoms with E-state index < -0.39 is 0 Å². The molecule has 7 nitrogen and oxygen atoms in total. The Morgan fingerprint density at radius 2 is 1.83 bits per heavy atom. The molecule has 1 aliphatic carbocycles. The number of morpholine rings is 1. The molecule has 0 spiro atoms. The van der Waals surface area contributed by atoms with Crippen molar-refractivity contribution < 1.29 is 23.8 Å². The van der Waals surface area contributed by atoms with Crippen LogP contribution in [0.15, 0.2) is 18.2 Å². The number of rotatable bonds is 5. The molecule has 24 heavy (non-hydrogen) atoms. The van der Waals surface area contributed by atoms with E-state index in [1.54, 1.807) is 37.3 Å². The molecule has 3 rings (SSSR count). The lowest BCUT2D eigenvalue weighted by Crippen LogP contribution is -2.42. The Balaban J connectivity index is 1.57. The van der Waals surface area contributed by atoms with Gasteiger partial charge in [0.15, 0.2) is 11.5 Å². The van der Waals surface area contributed by atoms with Crippen molar-refractivity contribution in [2.75, 3.05) is 45.8 Å². The lowest BCUT2D eigenvalue weighted by molar-refractivity contribution is -0.137. The second-order valence-electron chi connectivity index (χ2n) is 5.95. The number of nitrogens with zero attached hydrogens (tertiary/aromatic N) is 1. The van der Waals surface area contributed by atoms with Gasteiger partial charge in [-0.2, -0.15) is 0 Å². The number of anilines is 1. The lowest BCUT2D eigenvalue weighted by Gasteiger charge is -2.27. The first-order chi connectivity index (χ1) is 11.6. The molecule has 7 heteroatoms. The molecule has 2 fully saturated rings. The van der Waals surface area contributed by atoms with Crippen molar-refractivity contribution in [3.63, 3.8) is 0 Å². The summed E-state index contributed by atoms with van der Waals surface area (Å²) < 4.78 is 15.6. The maximum atomic E-state index is 12.4. The van der Waals surface area contributed by atoms with Crippen LogP contribution < -0.4 is 14.8 Å². The normalized spacial score (nSPS) is 22.7. The van der Waals surface area contributed by atoms with Gasteiger partial charge in [0.2, 0.25) is 11.8 Å². The molecule has 2 atom stereocenters. The van der Waals surface area contributed by atoms with Crippen LogP contribution in [0, 0.1) is 11.8 Å². The highest BCUT2D eigenvalue weighted by Crippen LogP contribution is 2.41. The van der Waals surface area contributed by atoms with E-state index >= 15 is 0 Å². The summed E-state index contributed by atoms with van der Waals surface area (Å²) in [5.74, 6) is 0.616. The van der Waals surface area contributed by atoms with Gasteiger partial charge in [-0.15, -0.1) is 0 Å². The molecule has 1 aliphatic heterocycles. The number of benzene rings is 1. The molecule has 0 aromatic heterocycles. The van der Waals surface area contributed by atoms with Gasteiger partial charge < -0.3 is 24.4 Å². The number of carbonyl (C=O) groups is 2. The third kappa shape index (κ3) is 3.46. The van der Waals surface area contributed by atoms with E-state index in [4.69, 9.17) is 14.2 Å². The molecule has 130 valence electrons. The smallest absolute Gasteiger partial charge is 0.228 e. The van der Waals surface area contributed by atoms with Crippen molar-refractivity contribution in [2.24, 2.45) is 11.8 Å².